The Morgan fingerprint density at radius 3 is 2.58 bits per heavy atom. The summed E-state index contributed by atoms with van der Waals surface area (Å²) >= 11 is 0. The molecule has 19 heavy (non-hydrogen) atoms. The molecule has 1 aromatic carbocycles. The van der Waals surface area contributed by atoms with E-state index in [-0.39, 0.29) is 11.9 Å². The molecule has 0 saturated heterocycles. The molecule has 0 atom stereocenters. The SMILES string of the molecule is CCC(CC)NC(=O)CNCc1ccccc1OC. The molecule has 0 radical (unpaired) electrons. The topological polar surface area (TPSA) is 50.4 Å². The highest BCUT2D eigenvalue weighted by molar-refractivity contribution is 5.78. The first-order valence-corrected chi connectivity index (χ1v) is 6.83. The molecule has 0 saturated carbocycles. The van der Waals surface area contributed by atoms with Crippen LogP contribution in [0.2, 0.25) is 0 Å². The van der Waals surface area contributed by atoms with E-state index in [2.05, 4.69) is 24.5 Å². The number of para-hydroxylation sites is 1. The summed E-state index contributed by atoms with van der Waals surface area (Å²) in [5.74, 6) is 0.888. The average molecular weight is 264 g/mol. The maximum Gasteiger partial charge on any atom is 0.234 e. The highest BCUT2D eigenvalue weighted by atomic mass is 16.5. The van der Waals surface area contributed by atoms with Crippen LogP contribution in [0.5, 0.6) is 5.75 Å². The van der Waals surface area contributed by atoms with E-state index in [4.69, 9.17) is 4.74 Å². The Morgan fingerprint density at radius 2 is 1.95 bits per heavy atom. The van der Waals surface area contributed by atoms with E-state index in [0.717, 1.165) is 24.2 Å². The zero-order valence-corrected chi connectivity index (χ0v) is 12.0. The van der Waals surface area contributed by atoms with Crippen LogP contribution >= 0.6 is 0 Å². The number of amides is 1. The molecule has 0 aliphatic carbocycles. The molecule has 0 spiro atoms. The lowest BCUT2D eigenvalue weighted by molar-refractivity contribution is -0.121. The summed E-state index contributed by atoms with van der Waals surface area (Å²) in [5.41, 5.74) is 1.06. The Bertz CT molecular complexity index is 389. The van der Waals surface area contributed by atoms with Crippen molar-refractivity contribution in [2.45, 2.75) is 39.3 Å². The first kappa shape index (κ1) is 15.5. The lowest BCUT2D eigenvalue weighted by Gasteiger charge is -2.15. The summed E-state index contributed by atoms with van der Waals surface area (Å²) in [6.07, 6.45) is 1.93. The fourth-order valence-electron chi connectivity index (χ4n) is 1.93. The number of rotatable bonds is 8. The van der Waals surface area contributed by atoms with Gasteiger partial charge in [-0.1, -0.05) is 32.0 Å². The molecular formula is C15H24N2O2. The second kappa shape index (κ2) is 8.53. The van der Waals surface area contributed by atoms with Gasteiger partial charge in [-0.05, 0) is 18.9 Å². The van der Waals surface area contributed by atoms with Gasteiger partial charge in [-0.3, -0.25) is 4.79 Å². The minimum atomic E-state index is 0.0450. The third kappa shape index (κ3) is 5.30. The van der Waals surface area contributed by atoms with Crippen LogP contribution in [0.3, 0.4) is 0 Å². The Morgan fingerprint density at radius 1 is 1.26 bits per heavy atom. The number of methoxy groups -OCH3 is 1. The van der Waals surface area contributed by atoms with Gasteiger partial charge in [0.25, 0.3) is 0 Å². The van der Waals surface area contributed by atoms with Crippen LogP contribution in [0.15, 0.2) is 24.3 Å². The fourth-order valence-corrected chi connectivity index (χ4v) is 1.93. The van der Waals surface area contributed by atoms with Crippen LogP contribution in [0.25, 0.3) is 0 Å². The minimum Gasteiger partial charge on any atom is -0.496 e. The maximum atomic E-state index is 11.7. The number of carbonyl (C=O) groups is 1. The molecule has 0 heterocycles. The molecule has 106 valence electrons. The van der Waals surface area contributed by atoms with Crippen molar-refractivity contribution in [2.24, 2.45) is 0 Å². The Kier molecular flexibility index (Phi) is 6.97. The molecule has 0 aliphatic rings. The smallest absolute Gasteiger partial charge is 0.234 e. The van der Waals surface area contributed by atoms with Gasteiger partial charge >= 0.3 is 0 Å². The zero-order valence-electron chi connectivity index (χ0n) is 12.0. The van der Waals surface area contributed by atoms with Crippen molar-refractivity contribution in [3.05, 3.63) is 29.8 Å². The van der Waals surface area contributed by atoms with Gasteiger partial charge in [0, 0.05) is 18.2 Å². The number of ether oxygens (including phenoxy) is 1. The van der Waals surface area contributed by atoms with Gasteiger partial charge < -0.3 is 15.4 Å². The van der Waals surface area contributed by atoms with Gasteiger partial charge in [0.1, 0.15) is 5.75 Å². The van der Waals surface area contributed by atoms with Gasteiger partial charge in [-0.25, -0.2) is 0 Å². The molecule has 4 heteroatoms. The van der Waals surface area contributed by atoms with Gasteiger partial charge in [-0.15, -0.1) is 0 Å². The summed E-state index contributed by atoms with van der Waals surface area (Å²) in [6, 6.07) is 8.08. The van der Waals surface area contributed by atoms with E-state index < -0.39 is 0 Å². The second-order valence-corrected chi connectivity index (χ2v) is 4.50. The molecule has 4 nitrogen and oxygen atoms in total. The molecule has 1 rings (SSSR count). The monoisotopic (exact) mass is 264 g/mol. The third-order valence-electron chi connectivity index (χ3n) is 3.14. The van der Waals surface area contributed by atoms with Crippen molar-refractivity contribution in [1.29, 1.82) is 0 Å². The van der Waals surface area contributed by atoms with Crippen molar-refractivity contribution in [1.82, 2.24) is 10.6 Å². The summed E-state index contributed by atoms with van der Waals surface area (Å²) in [6.45, 7) is 5.11. The van der Waals surface area contributed by atoms with Crippen LogP contribution in [-0.4, -0.2) is 25.6 Å². The van der Waals surface area contributed by atoms with E-state index in [1.54, 1.807) is 7.11 Å². The van der Waals surface area contributed by atoms with Gasteiger partial charge in [0.15, 0.2) is 0 Å². The quantitative estimate of drug-likeness (QED) is 0.756. The Labute approximate surface area is 115 Å². The molecular weight excluding hydrogens is 240 g/mol. The minimum absolute atomic E-state index is 0.0450. The average Bonchev–Trinajstić information content (AvgIpc) is 2.45. The predicted octanol–water partition coefficient (Wildman–Crippen LogP) is 2.09. The van der Waals surface area contributed by atoms with Crippen LogP contribution in [0.1, 0.15) is 32.3 Å². The molecule has 1 amide bonds. The number of hydrogen-bond acceptors (Lipinski definition) is 3. The van der Waals surface area contributed by atoms with Crippen molar-refractivity contribution in [3.63, 3.8) is 0 Å². The Balaban J connectivity index is 2.35. The number of hydrogen-bond donors (Lipinski definition) is 2. The highest BCUT2D eigenvalue weighted by Crippen LogP contribution is 2.16. The molecule has 2 N–H and O–H groups in total. The van der Waals surface area contributed by atoms with Crippen molar-refractivity contribution in [2.75, 3.05) is 13.7 Å². The first-order chi connectivity index (χ1) is 9.21. The van der Waals surface area contributed by atoms with Gasteiger partial charge in [-0.2, -0.15) is 0 Å². The highest BCUT2D eigenvalue weighted by Gasteiger charge is 2.08. The lowest BCUT2D eigenvalue weighted by atomic mass is 10.2. The molecule has 0 bridgehead atoms. The fraction of sp³-hybridized carbons (Fsp3) is 0.533. The maximum absolute atomic E-state index is 11.7. The van der Waals surface area contributed by atoms with Crippen molar-refractivity contribution >= 4 is 5.91 Å². The van der Waals surface area contributed by atoms with Crippen molar-refractivity contribution in [3.8, 4) is 5.75 Å². The summed E-state index contributed by atoms with van der Waals surface area (Å²) in [7, 11) is 1.65. The van der Waals surface area contributed by atoms with E-state index in [9.17, 15) is 4.79 Å². The number of carbonyl (C=O) groups excluding carboxylic acids is 1. The van der Waals surface area contributed by atoms with Crippen LogP contribution in [0, 0.1) is 0 Å². The molecule has 0 aliphatic heterocycles. The Hall–Kier alpha value is -1.55. The predicted molar refractivity (Wildman–Crippen MR) is 77.2 cm³/mol. The number of benzene rings is 1. The molecule has 0 fully saturated rings. The van der Waals surface area contributed by atoms with E-state index in [1.807, 2.05) is 24.3 Å². The molecule has 0 unspecified atom stereocenters. The molecule has 1 aromatic rings. The van der Waals surface area contributed by atoms with Gasteiger partial charge in [0.05, 0.1) is 13.7 Å². The second-order valence-electron chi connectivity index (χ2n) is 4.50. The molecule has 0 aromatic heterocycles. The van der Waals surface area contributed by atoms with Gasteiger partial charge in [0.2, 0.25) is 5.91 Å². The van der Waals surface area contributed by atoms with E-state index in [0.29, 0.717) is 13.1 Å². The van der Waals surface area contributed by atoms with Crippen LogP contribution < -0.4 is 15.4 Å². The summed E-state index contributed by atoms with van der Waals surface area (Å²) in [5, 5.41) is 6.14. The number of nitrogens with one attached hydrogen (secondary N) is 2. The normalized spacial score (nSPS) is 10.5. The standard InChI is InChI=1S/C15H24N2O2/c1-4-13(5-2)17-15(18)11-16-10-12-8-6-7-9-14(12)19-3/h6-9,13,16H,4-5,10-11H2,1-3H3,(H,17,18). The largest absolute Gasteiger partial charge is 0.496 e. The zero-order chi connectivity index (χ0) is 14.1. The van der Waals surface area contributed by atoms with E-state index in [1.165, 1.54) is 0 Å². The van der Waals surface area contributed by atoms with Crippen molar-refractivity contribution < 1.29 is 9.53 Å². The lowest BCUT2D eigenvalue weighted by Crippen LogP contribution is -2.39. The third-order valence-corrected chi connectivity index (χ3v) is 3.14. The van der Waals surface area contributed by atoms with Crippen LogP contribution in [0.4, 0.5) is 0 Å². The summed E-state index contributed by atoms with van der Waals surface area (Å²) < 4.78 is 5.26. The van der Waals surface area contributed by atoms with Crippen LogP contribution in [-0.2, 0) is 11.3 Å². The van der Waals surface area contributed by atoms with E-state index >= 15 is 0 Å². The summed E-state index contributed by atoms with van der Waals surface area (Å²) in [4.78, 5) is 11.7. The first-order valence-electron chi connectivity index (χ1n) is 6.83.